The monoisotopic (exact) mass is 347 g/mol. The van der Waals surface area contributed by atoms with Gasteiger partial charge in [0.2, 0.25) is 0 Å². The van der Waals surface area contributed by atoms with Crippen LogP contribution >= 0.6 is 11.3 Å². The predicted molar refractivity (Wildman–Crippen MR) is 87.3 cm³/mol. The first-order valence-corrected chi connectivity index (χ1v) is 8.04. The van der Waals surface area contributed by atoms with Gasteiger partial charge in [-0.1, -0.05) is 6.07 Å². The van der Waals surface area contributed by atoms with E-state index in [2.05, 4.69) is 5.32 Å². The lowest BCUT2D eigenvalue weighted by molar-refractivity contribution is -0.125. The highest BCUT2D eigenvalue weighted by molar-refractivity contribution is 7.20. The molecule has 24 heavy (non-hydrogen) atoms. The fourth-order valence-electron chi connectivity index (χ4n) is 2.22. The SMILES string of the molecule is C[C@@H](NC(=O)COC(=O)c1cc2c(F)cccc2s1)c1ccco1. The zero-order valence-corrected chi connectivity index (χ0v) is 13.6. The first kappa shape index (κ1) is 16.2. The van der Waals surface area contributed by atoms with Gasteiger partial charge >= 0.3 is 5.97 Å². The summed E-state index contributed by atoms with van der Waals surface area (Å²) in [5.74, 6) is -0.890. The minimum atomic E-state index is -0.656. The van der Waals surface area contributed by atoms with Crippen LogP contribution in [-0.4, -0.2) is 18.5 Å². The summed E-state index contributed by atoms with van der Waals surface area (Å²) < 4.78 is 24.5. The molecular formula is C17H14FNO4S. The molecule has 124 valence electrons. The van der Waals surface area contributed by atoms with E-state index in [1.807, 2.05) is 0 Å². The van der Waals surface area contributed by atoms with Crippen molar-refractivity contribution in [1.82, 2.24) is 5.32 Å². The molecule has 2 heterocycles. The first-order valence-electron chi connectivity index (χ1n) is 7.22. The van der Waals surface area contributed by atoms with Crippen molar-refractivity contribution in [3.63, 3.8) is 0 Å². The molecule has 1 amide bonds. The number of rotatable bonds is 5. The Balaban J connectivity index is 1.58. The van der Waals surface area contributed by atoms with Crippen molar-refractivity contribution in [3.05, 3.63) is 59.1 Å². The molecule has 3 rings (SSSR count). The number of esters is 1. The van der Waals surface area contributed by atoms with Crippen molar-refractivity contribution in [2.45, 2.75) is 13.0 Å². The average Bonchev–Trinajstić information content (AvgIpc) is 3.22. The van der Waals surface area contributed by atoms with Gasteiger partial charge in [0.25, 0.3) is 5.91 Å². The van der Waals surface area contributed by atoms with Gasteiger partial charge in [-0.2, -0.15) is 0 Å². The second-order valence-electron chi connectivity index (χ2n) is 5.14. The Hall–Kier alpha value is -2.67. The normalized spacial score (nSPS) is 12.1. The molecule has 0 spiro atoms. The third-order valence-corrected chi connectivity index (χ3v) is 4.47. The van der Waals surface area contributed by atoms with Crippen molar-refractivity contribution in [3.8, 4) is 0 Å². The van der Waals surface area contributed by atoms with E-state index in [4.69, 9.17) is 9.15 Å². The van der Waals surface area contributed by atoms with E-state index in [-0.39, 0.29) is 10.9 Å². The van der Waals surface area contributed by atoms with Gasteiger partial charge in [0.15, 0.2) is 6.61 Å². The maximum Gasteiger partial charge on any atom is 0.348 e. The van der Waals surface area contributed by atoms with E-state index in [0.29, 0.717) is 15.8 Å². The van der Waals surface area contributed by atoms with Crippen molar-refractivity contribution >= 4 is 33.3 Å². The molecule has 0 fully saturated rings. The van der Waals surface area contributed by atoms with Gasteiger partial charge < -0.3 is 14.5 Å². The Morgan fingerprint density at radius 1 is 1.33 bits per heavy atom. The van der Waals surface area contributed by atoms with Gasteiger partial charge in [0.1, 0.15) is 16.5 Å². The highest BCUT2D eigenvalue weighted by Crippen LogP contribution is 2.28. The third-order valence-electron chi connectivity index (χ3n) is 3.39. The second-order valence-corrected chi connectivity index (χ2v) is 6.23. The number of fused-ring (bicyclic) bond motifs is 1. The number of carbonyl (C=O) groups excluding carboxylic acids is 2. The van der Waals surface area contributed by atoms with Crippen LogP contribution in [0, 0.1) is 5.82 Å². The predicted octanol–water partition coefficient (Wildman–Crippen LogP) is 3.67. The molecule has 7 heteroatoms. The lowest BCUT2D eigenvalue weighted by Crippen LogP contribution is -2.30. The summed E-state index contributed by atoms with van der Waals surface area (Å²) in [6.07, 6.45) is 1.51. The maximum absolute atomic E-state index is 13.6. The smallest absolute Gasteiger partial charge is 0.348 e. The highest BCUT2D eigenvalue weighted by atomic mass is 32.1. The number of thiophene rings is 1. The Morgan fingerprint density at radius 3 is 2.88 bits per heavy atom. The molecule has 1 aromatic carbocycles. The fourth-order valence-corrected chi connectivity index (χ4v) is 3.19. The highest BCUT2D eigenvalue weighted by Gasteiger charge is 2.17. The quantitative estimate of drug-likeness (QED) is 0.715. The van der Waals surface area contributed by atoms with Crippen LogP contribution in [-0.2, 0) is 9.53 Å². The number of ether oxygens (including phenoxy) is 1. The third kappa shape index (κ3) is 3.46. The summed E-state index contributed by atoms with van der Waals surface area (Å²) in [5.41, 5.74) is 0. The van der Waals surface area contributed by atoms with Gasteiger partial charge in [0.05, 0.1) is 12.3 Å². The van der Waals surface area contributed by atoms with E-state index in [1.54, 1.807) is 31.2 Å². The maximum atomic E-state index is 13.6. The van der Waals surface area contributed by atoms with Gasteiger partial charge in [-0.3, -0.25) is 4.79 Å². The van der Waals surface area contributed by atoms with Crippen molar-refractivity contribution < 1.29 is 23.1 Å². The van der Waals surface area contributed by atoms with Crippen molar-refractivity contribution in [2.75, 3.05) is 6.61 Å². The zero-order chi connectivity index (χ0) is 17.1. The van der Waals surface area contributed by atoms with Crippen LogP contribution in [0.2, 0.25) is 0 Å². The molecule has 0 aliphatic rings. The Kier molecular flexibility index (Phi) is 4.61. The summed E-state index contributed by atoms with van der Waals surface area (Å²) in [6.45, 7) is 1.34. The van der Waals surface area contributed by atoms with Crippen LogP contribution in [0.25, 0.3) is 10.1 Å². The molecule has 0 aliphatic carbocycles. The second kappa shape index (κ2) is 6.84. The summed E-state index contributed by atoms with van der Waals surface area (Å²) in [4.78, 5) is 24.1. The molecular weight excluding hydrogens is 333 g/mol. The Morgan fingerprint density at radius 2 is 2.17 bits per heavy atom. The summed E-state index contributed by atoms with van der Waals surface area (Å²) >= 11 is 1.12. The number of nitrogens with one attached hydrogen (secondary N) is 1. The topological polar surface area (TPSA) is 68.5 Å². The molecule has 0 aliphatic heterocycles. The lowest BCUT2D eigenvalue weighted by atomic mass is 10.2. The molecule has 0 bridgehead atoms. The van der Waals surface area contributed by atoms with Crippen LogP contribution in [0.1, 0.15) is 28.4 Å². The molecule has 1 N–H and O–H groups in total. The van der Waals surface area contributed by atoms with Crippen LogP contribution in [0.15, 0.2) is 47.1 Å². The molecule has 0 saturated heterocycles. The largest absolute Gasteiger partial charge is 0.467 e. The average molecular weight is 347 g/mol. The van der Waals surface area contributed by atoms with Crippen LogP contribution in [0.3, 0.4) is 0 Å². The van der Waals surface area contributed by atoms with Gasteiger partial charge in [0, 0.05) is 10.1 Å². The molecule has 1 atom stereocenters. The van der Waals surface area contributed by atoms with E-state index in [9.17, 15) is 14.0 Å². The first-order chi connectivity index (χ1) is 11.5. The molecule has 0 unspecified atom stereocenters. The van der Waals surface area contributed by atoms with E-state index in [0.717, 1.165) is 11.3 Å². The number of halogens is 1. The Labute approximate surface area is 141 Å². The molecule has 5 nitrogen and oxygen atoms in total. The summed E-state index contributed by atoms with van der Waals surface area (Å²) in [5, 5.41) is 3.02. The minimum Gasteiger partial charge on any atom is -0.467 e. The lowest BCUT2D eigenvalue weighted by Gasteiger charge is -2.11. The van der Waals surface area contributed by atoms with E-state index < -0.39 is 24.3 Å². The fraction of sp³-hybridized carbons (Fsp3) is 0.176. The number of hydrogen-bond donors (Lipinski definition) is 1. The number of hydrogen-bond acceptors (Lipinski definition) is 5. The minimum absolute atomic E-state index is 0.252. The molecule has 0 saturated carbocycles. The molecule has 3 aromatic rings. The van der Waals surface area contributed by atoms with Crippen molar-refractivity contribution in [1.29, 1.82) is 0 Å². The zero-order valence-electron chi connectivity index (χ0n) is 12.7. The van der Waals surface area contributed by atoms with Crippen LogP contribution < -0.4 is 5.32 Å². The number of furan rings is 1. The van der Waals surface area contributed by atoms with Gasteiger partial charge in [-0.05, 0) is 37.3 Å². The number of carbonyl (C=O) groups is 2. The Bertz CT molecular complexity index is 872. The standard InChI is InChI=1S/C17H14FNO4S/c1-10(13-5-3-7-22-13)19-16(20)9-23-17(21)15-8-11-12(18)4-2-6-14(11)24-15/h2-8,10H,9H2,1H3,(H,19,20)/t10-/m1/s1. The van der Waals surface area contributed by atoms with Crippen molar-refractivity contribution in [2.24, 2.45) is 0 Å². The van der Waals surface area contributed by atoms with Gasteiger partial charge in [-0.25, -0.2) is 9.18 Å². The van der Waals surface area contributed by atoms with E-state index in [1.165, 1.54) is 18.4 Å². The molecule has 0 radical (unpaired) electrons. The van der Waals surface area contributed by atoms with Crippen LogP contribution in [0.5, 0.6) is 0 Å². The molecule has 2 aromatic heterocycles. The number of amides is 1. The summed E-state index contributed by atoms with van der Waals surface area (Å²) in [6, 6.07) is 9.19. The van der Waals surface area contributed by atoms with Crippen LogP contribution in [0.4, 0.5) is 4.39 Å². The number of benzene rings is 1. The summed E-state index contributed by atoms with van der Waals surface area (Å²) in [7, 11) is 0. The van der Waals surface area contributed by atoms with E-state index >= 15 is 0 Å². The van der Waals surface area contributed by atoms with Gasteiger partial charge in [-0.15, -0.1) is 11.3 Å².